The molecule has 0 spiro atoms. The zero-order chi connectivity index (χ0) is 9.84. The molecule has 1 atom stereocenters. The molecule has 0 N–H and O–H groups in total. The van der Waals surface area contributed by atoms with Crippen molar-refractivity contribution in [3.63, 3.8) is 0 Å². The molecule has 1 saturated heterocycles. The molecule has 3 heteroatoms. The Balaban J connectivity index is 2.55. The maximum atomic E-state index is 11.4. The smallest absolute Gasteiger partial charge is 0.230 e. The van der Waals surface area contributed by atoms with Crippen molar-refractivity contribution >= 4 is 11.7 Å². The molecule has 0 aliphatic carbocycles. The van der Waals surface area contributed by atoms with Crippen LogP contribution in [0.25, 0.3) is 0 Å². The van der Waals surface area contributed by atoms with Crippen molar-refractivity contribution in [1.29, 1.82) is 0 Å². The van der Waals surface area contributed by atoms with E-state index in [4.69, 9.17) is 0 Å². The van der Waals surface area contributed by atoms with Gasteiger partial charge in [-0.15, -0.1) is 6.58 Å². The lowest BCUT2D eigenvalue weighted by molar-refractivity contribution is -0.141. The van der Waals surface area contributed by atoms with Crippen LogP contribution in [0.2, 0.25) is 0 Å². The fraction of sp³-hybridized carbons (Fsp3) is 0.600. The first kappa shape index (κ1) is 9.96. The van der Waals surface area contributed by atoms with E-state index in [0.717, 1.165) is 6.42 Å². The van der Waals surface area contributed by atoms with E-state index in [1.165, 1.54) is 0 Å². The summed E-state index contributed by atoms with van der Waals surface area (Å²) in [4.78, 5) is 24.1. The number of piperidine rings is 1. The molecule has 72 valence electrons. The lowest BCUT2D eigenvalue weighted by Crippen LogP contribution is -2.44. The number of rotatable bonds is 3. The van der Waals surface area contributed by atoms with E-state index in [1.54, 1.807) is 11.0 Å². The van der Waals surface area contributed by atoms with Gasteiger partial charge in [0.15, 0.2) is 0 Å². The topological polar surface area (TPSA) is 37.4 Å². The molecule has 1 unspecified atom stereocenters. The van der Waals surface area contributed by atoms with E-state index in [-0.39, 0.29) is 24.2 Å². The quantitative estimate of drug-likeness (QED) is 0.483. The highest BCUT2D eigenvalue weighted by atomic mass is 16.2. The Hall–Kier alpha value is -1.12. The first-order chi connectivity index (χ1) is 6.15. The zero-order valence-electron chi connectivity index (χ0n) is 7.95. The number of carbonyl (C=O) groups is 2. The summed E-state index contributed by atoms with van der Waals surface area (Å²) in [6.45, 7) is 6.19. The average molecular weight is 181 g/mol. The van der Waals surface area contributed by atoms with Gasteiger partial charge >= 0.3 is 0 Å². The van der Waals surface area contributed by atoms with Gasteiger partial charge in [-0.05, 0) is 13.3 Å². The highest BCUT2D eigenvalue weighted by Gasteiger charge is 2.26. The molecule has 1 heterocycles. The van der Waals surface area contributed by atoms with Gasteiger partial charge in [0.2, 0.25) is 5.91 Å². The van der Waals surface area contributed by atoms with Crippen LogP contribution >= 0.6 is 0 Å². The minimum atomic E-state index is -0.0365. The van der Waals surface area contributed by atoms with Gasteiger partial charge in [-0.2, -0.15) is 0 Å². The van der Waals surface area contributed by atoms with E-state index in [2.05, 4.69) is 6.58 Å². The molecule has 0 aromatic heterocycles. The Morgan fingerprint density at radius 1 is 1.62 bits per heavy atom. The zero-order valence-corrected chi connectivity index (χ0v) is 7.95. The monoisotopic (exact) mass is 181 g/mol. The third kappa shape index (κ3) is 2.41. The van der Waals surface area contributed by atoms with E-state index < -0.39 is 0 Å². The maximum absolute atomic E-state index is 11.4. The first-order valence-corrected chi connectivity index (χ1v) is 4.57. The van der Waals surface area contributed by atoms with Gasteiger partial charge in [0.25, 0.3) is 0 Å². The molecular weight excluding hydrogens is 166 g/mol. The Kier molecular flexibility index (Phi) is 3.23. The molecule has 0 radical (unpaired) electrons. The third-order valence-corrected chi connectivity index (χ3v) is 2.34. The van der Waals surface area contributed by atoms with Crippen molar-refractivity contribution in [3.8, 4) is 0 Å². The van der Waals surface area contributed by atoms with Crippen LogP contribution in [0.15, 0.2) is 12.7 Å². The Bertz CT molecular complexity index is 235. The number of likely N-dealkylation sites (tertiary alicyclic amines) is 1. The number of ketones is 1. The largest absolute Gasteiger partial charge is 0.339 e. The first-order valence-electron chi connectivity index (χ1n) is 4.57. The molecular formula is C10H15NO2. The summed E-state index contributed by atoms with van der Waals surface area (Å²) in [6, 6.07) is 0.179. The van der Waals surface area contributed by atoms with Crippen molar-refractivity contribution in [2.45, 2.75) is 32.2 Å². The maximum Gasteiger partial charge on any atom is 0.230 e. The summed E-state index contributed by atoms with van der Waals surface area (Å²) in [5.41, 5.74) is 0. The summed E-state index contributed by atoms with van der Waals surface area (Å²) >= 11 is 0. The van der Waals surface area contributed by atoms with Crippen molar-refractivity contribution in [1.82, 2.24) is 4.90 Å². The second-order valence-corrected chi connectivity index (χ2v) is 3.43. The molecule has 0 bridgehead atoms. The van der Waals surface area contributed by atoms with E-state index >= 15 is 0 Å². The average Bonchev–Trinajstić information content (AvgIpc) is 2.04. The van der Waals surface area contributed by atoms with Gasteiger partial charge in [-0.25, -0.2) is 0 Å². The molecule has 1 rings (SSSR count). The van der Waals surface area contributed by atoms with Crippen LogP contribution in [-0.4, -0.2) is 29.2 Å². The minimum absolute atomic E-state index is 0.0365. The number of nitrogens with zero attached hydrogens (tertiary/aromatic N) is 1. The summed E-state index contributed by atoms with van der Waals surface area (Å²) in [6.07, 6.45) is 3.18. The normalized spacial score (nSPS) is 20.2. The standard InChI is InChI=1S/C10H15NO2/c1-3-4-8(2)11-6-5-9(12)7-10(11)13/h3,8H,1,4-7H2,2H3. The Morgan fingerprint density at radius 2 is 2.31 bits per heavy atom. The third-order valence-electron chi connectivity index (χ3n) is 2.34. The lowest BCUT2D eigenvalue weighted by atomic mass is 10.1. The highest BCUT2D eigenvalue weighted by molar-refractivity contribution is 6.00. The van der Waals surface area contributed by atoms with Crippen LogP contribution in [-0.2, 0) is 9.59 Å². The van der Waals surface area contributed by atoms with Gasteiger partial charge in [-0.1, -0.05) is 6.08 Å². The second-order valence-electron chi connectivity index (χ2n) is 3.43. The molecule has 13 heavy (non-hydrogen) atoms. The summed E-state index contributed by atoms with van der Waals surface area (Å²) in [7, 11) is 0. The van der Waals surface area contributed by atoms with Crippen LogP contribution in [0.3, 0.4) is 0 Å². The summed E-state index contributed by atoms with van der Waals surface area (Å²) in [5.74, 6) is 0.0256. The molecule has 1 aliphatic heterocycles. The van der Waals surface area contributed by atoms with Crippen LogP contribution in [0, 0.1) is 0 Å². The number of amides is 1. The number of hydrogen-bond donors (Lipinski definition) is 0. The van der Waals surface area contributed by atoms with E-state index in [1.807, 2.05) is 6.92 Å². The lowest BCUT2D eigenvalue weighted by Gasteiger charge is -2.31. The summed E-state index contributed by atoms with van der Waals surface area (Å²) in [5, 5.41) is 0. The molecule has 1 amide bonds. The Labute approximate surface area is 78.4 Å². The number of Topliss-reactive ketones (excluding diaryl/α,β-unsaturated/α-hetero) is 1. The molecule has 0 aromatic carbocycles. The Morgan fingerprint density at radius 3 is 2.85 bits per heavy atom. The van der Waals surface area contributed by atoms with Crippen LogP contribution < -0.4 is 0 Å². The van der Waals surface area contributed by atoms with Gasteiger partial charge < -0.3 is 4.90 Å². The van der Waals surface area contributed by atoms with Crippen LogP contribution in [0.1, 0.15) is 26.2 Å². The fourth-order valence-corrected chi connectivity index (χ4v) is 1.56. The molecule has 0 aromatic rings. The van der Waals surface area contributed by atoms with Gasteiger partial charge in [0.05, 0.1) is 6.42 Å². The molecule has 1 aliphatic rings. The van der Waals surface area contributed by atoms with Crippen LogP contribution in [0.4, 0.5) is 0 Å². The SMILES string of the molecule is C=CCC(C)N1CCC(=O)CC1=O. The number of hydrogen-bond acceptors (Lipinski definition) is 2. The minimum Gasteiger partial charge on any atom is -0.339 e. The highest BCUT2D eigenvalue weighted by Crippen LogP contribution is 2.13. The van der Waals surface area contributed by atoms with Gasteiger partial charge in [-0.3, -0.25) is 9.59 Å². The molecule has 1 fully saturated rings. The predicted molar refractivity (Wildman–Crippen MR) is 50.2 cm³/mol. The van der Waals surface area contributed by atoms with Crippen molar-refractivity contribution in [3.05, 3.63) is 12.7 Å². The fourth-order valence-electron chi connectivity index (χ4n) is 1.56. The predicted octanol–water partition coefficient (Wildman–Crippen LogP) is 1.14. The van der Waals surface area contributed by atoms with E-state index in [0.29, 0.717) is 13.0 Å². The van der Waals surface area contributed by atoms with Gasteiger partial charge in [0.1, 0.15) is 5.78 Å². The van der Waals surface area contributed by atoms with Gasteiger partial charge in [0, 0.05) is 19.0 Å². The van der Waals surface area contributed by atoms with Crippen molar-refractivity contribution in [2.75, 3.05) is 6.54 Å². The van der Waals surface area contributed by atoms with E-state index in [9.17, 15) is 9.59 Å². The molecule has 3 nitrogen and oxygen atoms in total. The number of carbonyl (C=O) groups excluding carboxylic acids is 2. The molecule has 0 saturated carbocycles. The summed E-state index contributed by atoms with van der Waals surface area (Å²) < 4.78 is 0. The van der Waals surface area contributed by atoms with Crippen LogP contribution in [0.5, 0.6) is 0 Å². The second kappa shape index (κ2) is 4.21. The van der Waals surface area contributed by atoms with Crippen molar-refractivity contribution < 1.29 is 9.59 Å². The van der Waals surface area contributed by atoms with Crippen molar-refractivity contribution in [2.24, 2.45) is 0 Å².